The minimum absolute atomic E-state index is 0.603. The van der Waals surface area contributed by atoms with Gasteiger partial charge >= 0.3 is 0 Å². The molecule has 0 aliphatic heterocycles. The van der Waals surface area contributed by atoms with Gasteiger partial charge in [-0.15, -0.1) is 0 Å². The minimum atomic E-state index is 0.603. The maximum atomic E-state index is 5.78. The topological polar surface area (TPSA) is 9.23 Å². The molecule has 0 spiro atoms. The molecule has 0 saturated carbocycles. The Bertz CT molecular complexity index is 268. The molecule has 1 radical (unpaired) electrons. The van der Waals surface area contributed by atoms with Crippen LogP contribution in [0.25, 0.3) is 0 Å². The highest BCUT2D eigenvalue weighted by Gasteiger charge is 1.98. The van der Waals surface area contributed by atoms with E-state index in [1.54, 1.807) is 19.2 Å². The maximum absolute atomic E-state index is 5.78. The van der Waals surface area contributed by atoms with Crippen LogP contribution in [-0.2, 0) is 0 Å². The fourth-order valence-corrected chi connectivity index (χ4v) is 0.964. The second-order valence-electron chi connectivity index (χ2n) is 2.03. The van der Waals surface area contributed by atoms with Crippen molar-refractivity contribution < 1.29 is 4.74 Å². The Hall–Kier alpha value is -0.950. The van der Waals surface area contributed by atoms with Crippen molar-refractivity contribution in [3.05, 3.63) is 41.4 Å². The normalized spacial score (nSPS) is 9.27. The van der Waals surface area contributed by atoms with Gasteiger partial charge in [-0.1, -0.05) is 24.2 Å². The van der Waals surface area contributed by atoms with Gasteiger partial charge in [0.2, 0.25) is 0 Å². The summed E-state index contributed by atoms with van der Waals surface area (Å²) in [6.07, 6.45) is 2.74. The molecular weight excluding hydrogens is 160 g/mol. The summed E-state index contributed by atoms with van der Waals surface area (Å²) in [5, 5.41) is 0.603. The summed E-state index contributed by atoms with van der Waals surface area (Å²) < 4.78 is 4.99. The smallest absolute Gasteiger partial charge is 0.138 e. The maximum Gasteiger partial charge on any atom is 0.138 e. The molecule has 0 aliphatic carbocycles. The zero-order valence-electron chi connectivity index (χ0n) is 6.23. The van der Waals surface area contributed by atoms with E-state index < -0.39 is 0 Å². The van der Waals surface area contributed by atoms with Gasteiger partial charge in [0.25, 0.3) is 0 Å². The van der Waals surface area contributed by atoms with Gasteiger partial charge in [0, 0.05) is 0 Å². The lowest BCUT2D eigenvalue weighted by molar-refractivity contribution is 0.415. The SMILES string of the molecule is C=[C]c1ccc(Cl)c(OC)c1. The molecule has 0 bridgehead atoms. The number of methoxy groups -OCH3 is 1. The van der Waals surface area contributed by atoms with Crippen LogP contribution in [0, 0.1) is 6.08 Å². The lowest BCUT2D eigenvalue weighted by Crippen LogP contribution is -1.84. The molecule has 0 fully saturated rings. The molecule has 57 valence electrons. The Labute approximate surface area is 71.3 Å². The zero-order valence-corrected chi connectivity index (χ0v) is 6.98. The van der Waals surface area contributed by atoms with Crippen LogP contribution < -0.4 is 4.74 Å². The molecule has 0 saturated heterocycles. The van der Waals surface area contributed by atoms with E-state index in [9.17, 15) is 0 Å². The Balaban J connectivity index is 3.12. The first-order chi connectivity index (χ1) is 5.27. The standard InChI is InChI=1S/C9H8ClO/c1-3-7-4-5-8(10)9(6-7)11-2/h4-6H,1H2,2H3. The van der Waals surface area contributed by atoms with E-state index >= 15 is 0 Å². The average Bonchev–Trinajstić information content (AvgIpc) is 2.05. The molecule has 0 amide bonds. The highest BCUT2D eigenvalue weighted by molar-refractivity contribution is 6.32. The molecule has 1 rings (SSSR count). The van der Waals surface area contributed by atoms with Crippen LogP contribution in [0.3, 0.4) is 0 Å². The summed E-state index contributed by atoms with van der Waals surface area (Å²) in [5.74, 6) is 0.653. The van der Waals surface area contributed by atoms with Crippen molar-refractivity contribution in [2.75, 3.05) is 7.11 Å². The van der Waals surface area contributed by atoms with Crippen LogP contribution in [0.4, 0.5) is 0 Å². The summed E-state index contributed by atoms with van der Waals surface area (Å²) >= 11 is 5.78. The Morgan fingerprint density at radius 2 is 2.27 bits per heavy atom. The second-order valence-corrected chi connectivity index (χ2v) is 2.43. The number of benzene rings is 1. The first-order valence-electron chi connectivity index (χ1n) is 3.14. The number of ether oxygens (including phenoxy) is 1. The lowest BCUT2D eigenvalue weighted by Gasteiger charge is -2.02. The van der Waals surface area contributed by atoms with Crippen molar-refractivity contribution in [2.45, 2.75) is 0 Å². The summed E-state index contributed by atoms with van der Waals surface area (Å²) in [6.45, 7) is 3.51. The highest BCUT2D eigenvalue weighted by Crippen LogP contribution is 2.24. The van der Waals surface area contributed by atoms with E-state index in [1.807, 2.05) is 6.07 Å². The number of hydrogen-bond donors (Lipinski definition) is 0. The lowest BCUT2D eigenvalue weighted by atomic mass is 10.2. The van der Waals surface area contributed by atoms with Gasteiger partial charge in [-0.25, -0.2) is 0 Å². The largest absolute Gasteiger partial charge is 0.495 e. The Kier molecular flexibility index (Phi) is 2.55. The Morgan fingerprint density at radius 3 is 2.82 bits per heavy atom. The van der Waals surface area contributed by atoms with Crippen molar-refractivity contribution in [1.82, 2.24) is 0 Å². The molecule has 0 aliphatic rings. The van der Waals surface area contributed by atoms with Crippen molar-refractivity contribution in [3.8, 4) is 5.75 Å². The molecule has 11 heavy (non-hydrogen) atoms. The van der Waals surface area contributed by atoms with Crippen LogP contribution in [-0.4, -0.2) is 7.11 Å². The molecule has 0 heterocycles. The molecule has 0 atom stereocenters. The van der Waals surface area contributed by atoms with Gasteiger partial charge in [-0.3, -0.25) is 0 Å². The monoisotopic (exact) mass is 167 g/mol. The fraction of sp³-hybridized carbons (Fsp3) is 0.111. The van der Waals surface area contributed by atoms with Crippen LogP contribution in [0.15, 0.2) is 24.8 Å². The molecular formula is C9H8ClO. The van der Waals surface area contributed by atoms with Gasteiger partial charge in [0.1, 0.15) is 5.75 Å². The number of rotatable bonds is 2. The molecule has 1 nitrogen and oxygen atoms in total. The molecule has 0 N–H and O–H groups in total. The third-order valence-electron chi connectivity index (χ3n) is 1.36. The van der Waals surface area contributed by atoms with Crippen LogP contribution in [0.5, 0.6) is 5.75 Å². The van der Waals surface area contributed by atoms with E-state index in [-0.39, 0.29) is 0 Å². The summed E-state index contributed by atoms with van der Waals surface area (Å²) in [4.78, 5) is 0. The fourth-order valence-electron chi connectivity index (χ4n) is 0.770. The van der Waals surface area contributed by atoms with Gasteiger partial charge in [-0.2, -0.15) is 0 Å². The van der Waals surface area contributed by atoms with Gasteiger partial charge in [0.15, 0.2) is 0 Å². The van der Waals surface area contributed by atoms with Gasteiger partial charge in [0.05, 0.1) is 12.1 Å². The highest BCUT2D eigenvalue weighted by atomic mass is 35.5. The predicted octanol–water partition coefficient (Wildman–Crippen LogP) is 2.69. The first kappa shape index (κ1) is 8.15. The Morgan fingerprint density at radius 1 is 1.55 bits per heavy atom. The summed E-state index contributed by atoms with van der Waals surface area (Å²) in [6, 6.07) is 5.38. The van der Waals surface area contributed by atoms with Gasteiger partial charge < -0.3 is 4.74 Å². The summed E-state index contributed by atoms with van der Waals surface area (Å²) in [7, 11) is 1.58. The molecule has 1 aromatic carbocycles. The second kappa shape index (κ2) is 3.44. The van der Waals surface area contributed by atoms with E-state index in [2.05, 4.69) is 12.7 Å². The van der Waals surface area contributed by atoms with Crippen LogP contribution >= 0.6 is 11.6 Å². The number of hydrogen-bond acceptors (Lipinski definition) is 1. The molecule has 0 aromatic heterocycles. The van der Waals surface area contributed by atoms with Crippen LogP contribution in [0.2, 0.25) is 5.02 Å². The van der Waals surface area contributed by atoms with E-state index in [1.165, 1.54) is 0 Å². The van der Waals surface area contributed by atoms with E-state index in [0.717, 1.165) is 5.56 Å². The summed E-state index contributed by atoms with van der Waals surface area (Å²) in [5.41, 5.74) is 0.881. The molecule has 1 aromatic rings. The van der Waals surface area contributed by atoms with Crippen molar-refractivity contribution in [3.63, 3.8) is 0 Å². The van der Waals surface area contributed by atoms with Crippen molar-refractivity contribution in [1.29, 1.82) is 0 Å². The van der Waals surface area contributed by atoms with Crippen molar-refractivity contribution in [2.24, 2.45) is 0 Å². The quantitative estimate of drug-likeness (QED) is 0.658. The average molecular weight is 168 g/mol. The van der Waals surface area contributed by atoms with Crippen LogP contribution in [0.1, 0.15) is 5.56 Å². The van der Waals surface area contributed by atoms with Crippen molar-refractivity contribution >= 4 is 11.6 Å². The minimum Gasteiger partial charge on any atom is -0.495 e. The van der Waals surface area contributed by atoms with E-state index in [0.29, 0.717) is 10.8 Å². The third kappa shape index (κ3) is 1.75. The number of halogens is 1. The molecule has 2 heteroatoms. The van der Waals surface area contributed by atoms with E-state index in [4.69, 9.17) is 16.3 Å². The third-order valence-corrected chi connectivity index (χ3v) is 1.67. The first-order valence-corrected chi connectivity index (χ1v) is 3.52. The van der Waals surface area contributed by atoms with Gasteiger partial charge in [-0.05, 0) is 23.8 Å². The molecule has 0 unspecified atom stereocenters. The predicted molar refractivity (Wildman–Crippen MR) is 46.0 cm³/mol. The zero-order chi connectivity index (χ0) is 8.27.